The monoisotopic (exact) mass is 441 g/mol. The Labute approximate surface area is 157 Å². The third-order valence-electron chi connectivity index (χ3n) is 4.59. The Bertz CT molecular complexity index is 400. The summed E-state index contributed by atoms with van der Waals surface area (Å²) < 4.78 is 4.88. The number of esters is 1. The minimum Gasteiger partial charge on any atom is -0.469 e. The highest BCUT2D eigenvalue weighted by Crippen LogP contribution is 2.24. The van der Waals surface area contributed by atoms with Crippen molar-refractivity contribution in [2.75, 3.05) is 33.3 Å². The number of rotatable bonds is 6. The van der Waals surface area contributed by atoms with Gasteiger partial charge in [0.25, 0.3) is 0 Å². The van der Waals surface area contributed by atoms with E-state index in [0.717, 1.165) is 19.0 Å². The molecule has 0 aromatic heterocycles. The first-order valence-corrected chi connectivity index (χ1v) is 8.24. The molecule has 0 amide bonds. The molecule has 23 heavy (non-hydrogen) atoms. The Hall–Kier alpha value is -0.570. The van der Waals surface area contributed by atoms with Crippen molar-refractivity contribution in [2.45, 2.75) is 46.1 Å². The second-order valence-electron chi connectivity index (χ2n) is 6.11. The molecule has 1 rings (SSSR count). The number of carbonyl (C=O) groups excluding carboxylic acids is 1. The van der Waals surface area contributed by atoms with Gasteiger partial charge in [-0.15, -0.1) is 24.0 Å². The van der Waals surface area contributed by atoms with Crippen LogP contribution in [0.15, 0.2) is 4.99 Å². The maximum absolute atomic E-state index is 11.8. The van der Waals surface area contributed by atoms with Crippen LogP contribution in [0.1, 0.15) is 40.5 Å². The largest absolute Gasteiger partial charge is 0.469 e. The maximum Gasteiger partial charge on any atom is 0.310 e. The number of aliphatic hydroxyl groups is 1. The molecule has 2 atom stereocenters. The second kappa shape index (κ2) is 10.3. The van der Waals surface area contributed by atoms with Gasteiger partial charge in [0.15, 0.2) is 5.96 Å². The molecule has 0 spiro atoms. The molecule has 1 fully saturated rings. The molecule has 0 aromatic carbocycles. The van der Waals surface area contributed by atoms with E-state index in [2.05, 4.69) is 22.1 Å². The molecule has 0 saturated carbocycles. The van der Waals surface area contributed by atoms with E-state index < -0.39 is 5.60 Å². The quantitative estimate of drug-likeness (QED) is 0.285. The fourth-order valence-electron chi connectivity index (χ4n) is 2.72. The number of aliphatic imine (C=N–C) groups is 1. The third kappa shape index (κ3) is 6.10. The lowest BCUT2D eigenvalue weighted by Crippen LogP contribution is -2.42. The second-order valence-corrected chi connectivity index (χ2v) is 6.11. The van der Waals surface area contributed by atoms with Crippen molar-refractivity contribution >= 4 is 35.9 Å². The smallest absolute Gasteiger partial charge is 0.310 e. The fourth-order valence-corrected chi connectivity index (χ4v) is 2.72. The van der Waals surface area contributed by atoms with E-state index in [9.17, 15) is 9.90 Å². The SMILES string of the molecule is CCNC(=NCC(O)(CC)CC)N1CC(C)C(C(=O)OC)C1.I. The van der Waals surface area contributed by atoms with E-state index in [1.165, 1.54) is 7.11 Å². The van der Waals surface area contributed by atoms with Gasteiger partial charge in [0, 0.05) is 19.6 Å². The predicted molar refractivity (Wildman–Crippen MR) is 103 cm³/mol. The number of likely N-dealkylation sites (tertiary alicyclic amines) is 1. The molecule has 1 saturated heterocycles. The van der Waals surface area contributed by atoms with Gasteiger partial charge in [-0.3, -0.25) is 9.79 Å². The summed E-state index contributed by atoms with van der Waals surface area (Å²) in [7, 11) is 1.43. The number of carbonyl (C=O) groups is 1. The van der Waals surface area contributed by atoms with Crippen LogP contribution in [0.25, 0.3) is 0 Å². The zero-order valence-electron chi connectivity index (χ0n) is 15.0. The van der Waals surface area contributed by atoms with Gasteiger partial charge >= 0.3 is 5.97 Å². The van der Waals surface area contributed by atoms with Crippen LogP contribution >= 0.6 is 24.0 Å². The van der Waals surface area contributed by atoms with Gasteiger partial charge in [0.2, 0.25) is 0 Å². The Morgan fingerprint density at radius 3 is 2.43 bits per heavy atom. The average Bonchev–Trinajstić information content (AvgIpc) is 2.92. The normalized spacial score (nSPS) is 21.8. The lowest BCUT2D eigenvalue weighted by molar-refractivity contribution is -0.145. The summed E-state index contributed by atoms with van der Waals surface area (Å²) in [5.41, 5.74) is -0.756. The number of methoxy groups -OCH3 is 1. The standard InChI is InChI=1S/C16H31N3O3.HI/c1-6-16(21,7-2)11-18-15(17-8-3)19-9-12(4)13(10-19)14(20)22-5;/h12-13,21H,6-11H2,1-5H3,(H,17,18);1H. The van der Waals surface area contributed by atoms with Gasteiger partial charge < -0.3 is 20.1 Å². The molecular formula is C16H32IN3O3. The molecule has 136 valence electrons. The number of guanidine groups is 1. The molecule has 0 aliphatic carbocycles. The first-order chi connectivity index (χ1) is 10.4. The van der Waals surface area contributed by atoms with Gasteiger partial charge in [0.05, 0.1) is 25.2 Å². The van der Waals surface area contributed by atoms with Crippen LogP contribution in [0, 0.1) is 11.8 Å². The Morgan fingerprint density at radius 1 is 1.35 bits per heavy atom. The fraction of sp³-hybridized carbons (Fsp3) is 0.875. The summed E-state index contributed by atoms with van der Waals surface area (Å²) in [6.07, 6.45) is 1.35. The van der Waals surface area contributed by atoms with E-state index >= 15 is 0 Å². The Kier molecular flexibility index (Phi) is 10.1. The summed E-state index contributed by atoms with van der Waals surface area (Å²) in [5, 5.41) is 13.6. The topological polar surface area (TPSA) is 74.2 Å². The lowest BCUT2D eigenvalue weighted by Gasteiger charge is -2.26. The summed E-state index contributed by atoms with van der Waals surface area (Å²) in [6.45, 7) is 10.5. The zero-order chi connectivity index (χ0) is 16.8. The van der Waals surface area contributed by atoms with E-state index in [-0.39, 0.29) is 41.8 Å². The van der Waals surface area contributed by atoms with E-state index in [4.69, 9.17) is 4.74 Å². The number of hydrogen-bond donors (Lipinski definition) is 2. The van der Waals surface area contributed by atoms with Gasteiger partial charge in [-0.05, 0) is 25.7 Å². The summed E-state index contributed by atoms with van der Waals surface area (Å²) in [6, 6.07) is 0. The van der Waals surface area contributed by atoms with Crippen molar-refractivity contribution < 1.29 is 14.6 Å². The van der Waals surface area contributed by atoms with Gasteiger partial charge in [-0.25, -0.2) is 0 Å². The number of nitrogens with zero attached hydrogens (tertiary/aromatic N) is 2. The Morgan fingerprint density at radius 2 is 1.96 bits per heavy atom. The van der Waals surface area contributed by atoms with Crippen LogP contribution in [-0.2, 0) is 9.53 Å². The molecule has 0 bridgehead atoms. The minimum absolute atomic E-state index is 0. The molecule has 7 heteroatoms. The van der Waals surface area contributed by atoms with Crippen LogP contribution in [0.3, 0.4) is 0 Å². The Balaban J connectivity index is 0.00000484. The van der Waals surface area contributed by atoms with Crippen LogP contribution in [-0.4, -0.2) is 60.8 Å². The van der Waals surface area contributed by atoms with E-state index in [1.54, 1.807) is 0 Å². The highest BCUT2D eigenvalue weighted by molar-refractivity contribution is 14.0. The molecule has 2 N–H and O–H groups in total. The lowest BCUT2D eigenvalue weighted by atomic mass is 9.98. The first-order valence-electron chi connectivity index (χ1n) is 8.24. The highest BCUT2D eigenvalue weighted by atomic mass is 127. The minimum atomic E-state index is -0.756. The van der Waals surface area contributed by atoms with Crippen molar-refractivity contribution in [3.05, 3.63) is 0 Å². The van der Waals surface area contributed by atoms with Crippen molar-refractivity contribution in [2.24, 2.45) is 16.8 Å². The predicted octanol–water partition coefficient (Wildman–Crippen LogP) is 1.86. The van der Waals surface area contributed by atoms with Crippen molar-refractivity contribution in [3.63, 3.8) is 0 Å². The maximum atomic E-state index is 11.8. The van der Waals surface area contributed by atoms with Gasteiger partial charge in [0.1, 0.15) is 0 Å². The summed E-state index contributed by atoms with van der Waals surface area (Å²) in [4.78, 5) is 18.5. The van der Waals surface area contributed by atoms with Crippen molar-refractivity contribution in [3.8, 4) is 0 Å². The van der Waals surface area contributed by atoms with Crippen LogP contribution in [0.2, 0.25) is 0 Å². The van der Waals surface area contributed by atoms with E-state index in [0.29, 0.717) is 25.9 Å². The number of hydrogen-bond acceptors (Lipinski definition) is 4. The van der Waals surface area contributed by atoms with Crippen molar-refractivity contribution in [1.82, 2.24) is 10.2 Å². The molecule has 1 aliphatic heterocycles. The van der Waals surface area contributed by atoms with Gasteiger partial charge in [-0.1, -0.05) is 20.8 Å². The van der Waals surface area contributed by atoms with Crippen LogP contribution in [0.5, 0.6) is 0 Å². The molecule has 2 unspecified atom stereocenters. The van der Waals surface area contributed by atoms with Crippen LogP contribution < -0.4 is 5.32 Å². The van der Waals surface area contributed by atoms with E-state index in [1.807, 2.05) is 20.8 Å². The average molecular weight is 441 g/mol. The first kappa shape index (κ1) is 22.4. The molecule has 1 heterocycles. The molecular weight excluding hydrogens is 409 g/mol. The summed E-state index contributed by atoms with van der Waals surface area (Å²) in [5.74, 6) is 0.711. The molecule has 1 aliphatic rings. The van der Waals surface area contributed by atoms with Crippen molar-refractivity contribution in [1.29, 1.82) is 0 Å². The van der Waals surface area contributed by atoms with Crippen LogP contribution in [0.4, 0.5) is 0 Å². The van der Waals surface area contributed by atoms with Gasteiger partial charge in [-0.2, -0.15) is 0 Å². The summed E-state index contributed by atoms with van der Waals surface area (Å²) >= 11 is 0. The number of ether oxygens (including phenoxy) is 1. The molecule has 0 radical (unpaired) electrons. The highest BCUT2D eigenvalue weighted by Gasteiger charge is 2.37. The molecule has 6 nitrogen and oxygen atoms in total. The zero-order valence-corrected chi connectivity index (χ0v) is 17.3. The third-order valence-corrected chi connectivity index (χ3v) is 4.59. The number of nitrogens with one attached hydrogen (secondary N) is 1. The number of halogens is 1. The molecule has 0 aromatic rings.